The molecule has 14 aliphatic carbocycles. The van der Waals surface area contributed by atoms with E-state index < -0.39 is 0 Å². The number of nitrogens with zero attached hydrogens (tertiary/aromatic N) is 2. The minimum Gasteiger partial charge on any atom is -0.353 e. The molecule has 2 heteroatoms. The zero-order chi connectivity index (χ0) is 20.8. The van der Waals surface area contributed by atoms with E-state index in [4.69, 9.17) is 0 Å². The van der Waals surface area contributed by atoms with Crippen LogP contribution in [0.25, 0.3) is 0 Å². The Balaban J connectivity index is 0.914. The lowest BCUT2D eigenvalue weighted by molar-refractivity contribution is -0.244. The minimum absolute atomic E-state index is 0.554. The molecule has 16 bridgehead atoms. The van der Waals surface area contributed by atoms with E-state index in [1.165, 1.54) is 6.67 Å². The average molecular weight is 443 g/mol. The van der Waals surface area contributed by atoms with Gasteiger partial charge in [0.2, 0.25) is 0 Å². The van der Waals surface area contributed by atoms with Crippen molar-refractivity contribution < 1.29 is 0 Å². The summed E-state index contributed by atoms with van der Waals surface area (Å²) in [6.07, 6.45) is 24.5. The van der Waals surface area contributed by atoms with Crippen LogP contribution in [0.5, 0.6) is 0 Å². The van der Waals surface area contributed by atoms with Crippen molar-refractivity contribution in [2.75, 3.05) is 6.67 Å². The molecule has 33 heavy (non-hydrogen) atoms. The van der Waals surface area contributed by atoms with Gasteiger partial charge in [0.1, 0.15) is 0 Å². The Morgan fingerprint density at radius 3 is 0.939 bits per heavy atom. The van der Waals surface area contributed by atoms with Gasteiger partial charge in [-0.15, -0.1) is 0 Å². The van der Waals surface area contributed by atoms with E-state index in [9.17, 15) is 0 Å². The minimum atomic E-state index is 0.554. The van der Waals surface area contributed by atoms with E-state index in [2.05, 4.69) is 22.2 Å². The van der Waals surface area contributed by atoms with E-state index in [1.54, 1.807) is 77.0 Å². The van der Waals surface area contributed by atoms with Gasteiger partial charge in [-0.2, -0.15) is 0 Å². The van der Waals surface area contributed by atoms with Gasteiger partial charge < -0.3 is 9.80 Å². The fourth-order valence-electron chi connectivity index (χ4n) is 15.5. The van der Waals surface area contributed by atoms with Crippen molar-refractivity contribution in [1.29, 1.82) is 0 Å². The van der Waals surface area contributed by atoms with E-state index in [-0.39, 0.29) is 0 Å². The molecule has 0 unspecified atom stereocenters. The molecular formula is C31H42N2. The second-order valence-corrected chi connectivity index (χ2v) is 16.2. The lowest BCUT2D eigenvalue weighted by Crippen LogP contribution is -2.72. The third-order valence-electron chi connectivity index (χ3n) is 15.9. The van der Waals surface area contributed by atoms with Crippen LogP contribution in [0.15, 0.2) is 12.4 Å². The Bertz CT molecular complexity index is 783. The maximum absolute atomic E-state index is 2.97. The van der Waals surface area contributed by atoms with Gasteiger partial charge in [0.25, 0.3) is 0 Å². The summed E-state index contributed by atoms with van der Waals surface area (Å²) < 4.78 is 0. The summed E-state index contributed by atoms with van der Waals surface area (Å²) in [5, 5.41) is 0. The molecule has 176 valence electrons. The van der Waals surface area contributed by atoms with Crippen LogP contribution in [-0.2, 0) is 0 Å². The Labute approximate surface area is 199 Å². The standard InChI is InChI=1S/C31H42N2/c1-2-33(31-12-27-21-6-17-7-22(27)29(14-31)23(8-17)28(21)13-31)15-32(1)30-9-24-18-3-16-4-19(24)26(11-30)20(5-16)25(18)10-30/h1-2,16-29H,3-15H2. The van der Waals surface area contributed by atoms with Crippen LogP contribution >= 0.6 is 0 Å². The molecular weight excluding hydrogens is 400 g/mol. The quantitative estimate of drug-likeness (QED) is 0.521. The molecule has 0 aromatic heterocycles. The Kier molecular flexibility index (Phi) is 2.80. The largest absolute Gasteiger partial charge is 0.353 e. The van der Waals surface area contributed by atoms with Crippen molar-refractivity contribution >= 4 is 0 Å². The molecule has 0 atom stereocenters. The first-order valence-corrected chi connectivity index (χ1v) is 15.4. The molecule has 0 N–H and O–H groups in total. The summed E-state index contributed by atoms with van der Waals surface area (Å²) >= 11 is 0. The Morgan fingerprint density at radius 2 is 0.667 bits per heavy atom. The molecule has 0 saturated heterocycles. The maximum Gasteiger partial charge on any atom is 0.0904 e. The van der Waals surface area contributed by atoms with Gasteiger partial charge in [0.15, 0.2) is 0 Å². The van der Waals surface area contributed by atoms with Crippen molar-refractivity contribution in [3.63, 3.8) is 0 Å². The van der Waals surface area contributed by atoms with Gasteiger partial charge in [0.05, 0.1) is 6.67 Å². The van der Waals surface area contributed by atoms with Crippen LogP contribution in [0.1, 0.15) is 77.0 Å². The monoisotopic (exact) mass is 442 g/mol. The normalized spacial score (nSPS) is 70.1. The molecule has 0 aromatic rings. The highest BCUT2D eigenvalue weighted by Gasteiger charge is 2.70. The molecule has 0 spiro atoms. The third kappa shape index (κ3) is 1.80. The highest BCUT2D eigenvalue weighted by molar-refractivity contribution is 5.24. The number of rotatable bonds is 2. The van der Waals surface area contributed by atoms with E-state index in [1.807, 2.05) is 0 Å². The zero-order valence-electron chi connectivity index (χ0n) is 20.3. The molecule has 0 radical (unpaired) electrons. The van der Waals surface area contributed by atoms with Gasteiger partial charge in [0, 0.05) is 23.5 Å². The average Bonchev–Trinajstić information content (AvgIpc) is 3.37. The van der Waals surface area contributed by atoms with Crippen molar-refractivity contribution in [2.45, 2.75) is 88.1 Å². The molecule has 2 nitrogen and oxygen atoms in total. The summed E-state index contributed by atoms with van der Waals surface area (Å²) in [4.78, 5) is 5.95. The Hall–Kier alpha value is -0.660. The SMILES string of the molecule is C1=CN(C23CC4C5CC6CC4C(C2)C(C6)C5C3)CN1C12CC3C4CC5CC3C(C1)C(C5)C4C2. The van der Waals surface area contributed by atoms with Gasteiger partial charge in [-0.3, -0.25) is 0 Å². The van der Waals surface area contributed by atoms with Crippen molar-refractivity contribution in [3.05, 3.63) is 12.4 Å². The summed E-state index contributed by atoms with van der Waals surface area (Å²) in [7, 11) is 0. The molecule has 1 heterocycles. The van der Waals surface area contributed by atoms with Gasteiger partial charge >= 0.3 is 0 Å². The first-order valence-electron chi connectivity index (χ1n) is 15.4. The van der Waals surface area contributed by atoms with Gasteiger partial charge in [-0.1, -0.05) is 0 Å². The smallest absolute Gasteiger partial charge is 0.0904 e. The number of hydrogen-bond donors (Lipinski definition) is 0. The fraction of sp³-hybridized carbons (Fsp3) is 0.935. The number of hydrogen-bond acceptors (Lipinski definition) is 2. The van der Waals surface area contributed by atoms with Crippen LogP contribution in [0.2, 0.25) is 0 Å². The van der Waals surface area contributed by atoms with E-state index >= 15 is 0 Å². The van der Waals surface area contributed by atoms with Crippen LogP contribution < -0.4 is 0 Å². The zero-order valence-corrected chi connectivity index (χ0v) is 20.3. The first kappa shape index (κ1) is 17.7. The summed E-state index contributed by atoms with van der Waals surface area (Å²) in [6.45, 7) is 1.27. The van der Waals surface area contributed by atoms with Gasteiger partial charge in [-0.25, -0.2) is 0 Å². The topological polar surface area (TPSA) is 6.48 Å². The maximum atomic E-state index is 2.97. The second kappa shape index (κ2) is 5.22. The van der Waals surface area contributed by atoms with Crippen molar-refractivity contribution in [2.24, 2.45) is 82.9 Å². The highest BCUT2D eigenvalue weighted by atomic mass is 15.4. The van der Waals surface area contributed by atoms with E-state index in [0.29, 0.717) is 11.1 Å². The molecule has 0 aromatic carbocycles. The lowest BCUT2D eigenvalue weighted by atomic mass is 9.34. The fourth-order valence-corrected chi connectivity index (χ4v) is 15.5. The van der Waals surface area contributed by atoms with Crippen molar-refractivity contribution in [1.82, 2.24) is 9.80 Å². The van der Waals surface area contributed by atoms with Crippen LogP contribution in [-0.4, -0.2) is 27.5 Å². The third-order valence-corrected chi connectivity index (χ3v) is 15.9. The molecule has 15 aliphatic rings. The second-order valence-electron chi connectivity index (χ2n) is 16.2. The van der Waals surface area contributed by atoms with Crippen molar-refractivity contribution in [3.8, 4) is 0 Å². The van der Waals surface area contributed by atoms with Crippen LogP contribution in [0, 0.1) is 82.9 Å². The molecule has 1 aliphatic heterocycles. The summed E-state index contributed by atoms with van der Waals surface area (Å²) in [5.74, 6) is 15.8. The molecule has 15 rings (SSSR count). The van der Waals surface area contributed by atoms with E-state index in [0.717, 1.165) is 82.9 Å². The lowest BCUT2D eigenvalue weighted by Gasteiger charge is -2.74. The van der Waals surface area contributed by atoms with Gasteiger partial charge in [-0.05, 0) is 160 Å². The molecule has 14 saturated carbocycles. The van der Waals surface area contributed by atoms with Crippen LogP contribution in [0.4, 0.5) is 0 Å². The van der Waals surface area contributed by atoms with Crippen LogP contribution in [0.3, 0.4) is 0 Å². The highest BCUT2D eigenvalue weighted by Crippen LogP contribution is 2.75. The first-order chi connectivity index (χ1) is 16.2. The molecule has 0 amide bonds. The molecule has 14 fully saturated rings. The predicted molar refractivity (Wildman–Crippen MR) is 127 cm³/mol. The Morgan fingerprint density at radius 1 is 0.394 bits per heavy atom. The summed E-state index contributed by atoms with van der Waals surface area (Å²) in [6, 6.07) is 0. The summed E-state index contributed by atoms with van der Waals surface area (Å²) in [5.41, 5.74) is 1.11. The predicted octanol–water partition coefficient (Wildman–Crippen LogP) is 5.95.